The Kier molecular flexibility index (Phi) is 5.66. The Morgan fingerprint density at radius 3 is 2.44 bits per heavy atom. The number of phenols is 2. The van der Waals surface area contributed by atoms with Crippen LogP contribution in [0.5, 0.6) is 11.5 Å². The van der Waals surface area contributed by atoms with E-state index in [0.29, 0.717) is 37.4 Å². The number of hydrogen-bond acceptors (Lipinski definition) is 3. The molecule has 3 rings (SSSR count). The van der Waals surface area contributed by atoms with Crippen molar-refractivity contribution in [3.05, 3.63) is 23.5 Å². The zero-order chi connectivity index (χ0) is 17.8. The quantitative estimate of drug-likeness (QED) is 0.778. The van der Waals surface area contributed by atoms with Crippen molar-refractivity contribution in [1.82, 2.24) is 10.2 Å². The van der Waals surface area contributed by atoms with Crippen molar-refractivity contribution in [3.63, 3.8) is 0 Å². The van der Waals surface area contributed by atoms with Gasteiger partial charge in [0.2, 0.25) is 0 Å². The third kappa shape index (κ3) is 4.35. The number of hydrogen-bond donors (Lipinski definition) is 3. The standard InChI is InChI=1S/C19H27FN2O3/c20-16-10-15(17(23)11-18(16)24)14-6-8-22(9-7-14)19(25)21-12-13-4-2-1-3-5-13/h10-11,13-14,23-24H,1-9,12H2,(H,21,25). The van der Waals surface area contributed by atoms with Crippen LogP contribution in [0.25, 0.3) is 0 Å². The number of nitrogens with zero attached hydrogens (tertiary/aromatic N) is 1. The van der Waals surface area contributed by atoms with Gasteiger partial charge in [-0.2, -0.15) is 0 Å². The summed E-state index contributed by atoms with van der Waals surface area (Å²) in [6, 6.07) is 2.23. The van der Waals surface area contributed by atoms with Crippen LogP contribution in [0.4, 0.5) is 9.18 Å². The topological polar surface area (TPSA) is 72.8 Å². The summed E-state index contributed by atoms with van der Waals surface area (Å²) in [5, 5.41) is 22.3. The molecule has 1 saturated heterocycles. The first-order valence-electron chi connectivity index (χ1n) is 9.28. The number of benzene rings is 1. The first-order chi connectivity index (χ1) is 12.0. The molecule has 2 aliphatic rings. The van der Waals surface area contributed by atoms with Gasteiger partial charge in [0.05, 0.1) is 0 Å². The van der Waals surface area contributed by atoms with E-state index >= 15 is 0 Å². The molecule has 2 amide bonds. The minimum atomic E-state index is -0.722. The zero-order valence-electron chi connectivity index (χ0n) is 14.5. The number of aromatic hydroxyl groups is 2. The molecule has 3 N–H and O–H groups in total. The number of nitrogens with one attached hydrogen (secondary N) is 1. The predicted molar refractivity (Wildman–Crippen MR) is 93.3 cm³/mol. The van der Waals surface area contributed by atoms with Crippen molar-refractivity contribution in [2.24, 2.45) is 5.92 Å². The van der Waals surface area contributed by atoms with Gasteiger partial charge < -0.3 is 20.4 Å². The number of phenolic OH excluding ortho intramolecular Hbond substituents is 2. The second kappa shape index (κ2) is 7.93. The van der Waals surface area contributed by atoms with Crippen molar-refractivity contribution in [1.29, 1.82) is 0 Å². The minimum absolute atomic E-state index is 0.00232. The van der Waals surface area contributed by atoms with Gasteiger partial charge in [-0.15, -0.1) is 0 Å². The van der Waals surface area contributed by atoms with E-state index in [1.807, 2.05) is 0 Å². The first kappa shape index (κ1) is 17.8. The van der Waals surface area contributed by atoms with Gasteiger partial charge in [0, 0.05) is 31.3 Å². The van der Waals surface area contributed by atoms with E-state index in [-0.39, 0.29) is 17.7 Å². The first-order valence-corrected chi connectivity index (χ1v) is 9.28. The summed E-state index contributed by atoms with van der Waals surface area (Å²) in [5.41, 5.74) is 0.512. The van der Waals surface area contributed by atoms with Gasteiger partial charge in [-0.25, -0.2) is 9.18 Å². The van der Waals surface area contributed by atoms with E-state index in [4.69, 9.17) is 0 Å². The molecular formula is C19H27FN2O3. The third-order valence-electron chi connectivity index (χ3n) is 5.58. The molecule has 138 valence electrons. The molecule has 1 aromatic carbocycles. The van der Waals surface area contributed by atoms with Crippen LogP contribution in [0.2, 0.25) is 0 Å². The predicted octanol–water partition coefficient (Wildman–Crippen LogP) is 3.71. The highest BCUT2D eigenvalue weighted by Crippen LogP contribution is 2.36. The van der Waals surface area contributed by atoms with Crippen LogP contribution in [-0.4, -0.2) is 40.8 Å². The normalized spacial score (nSPS) is 19.8. The van der Waals surface area contributed by atoms with Gasteiger partial charge in [0.25, 0.3) is 0 Å². The minimum Gasteiger partial charge on any atom is -0.508 e. The monoisotopic (exact) mass is 350 g/mol. The molecule has 1 heterocycles. The molecule has 0 spiro atoms. The highest BCUT2D eigenvalue weighted by atomic mass is 19.1. The van der Waals surface area contributed by atoms with E-state index in [1.165, 1.54) is 38.2 Å². The Balaban J connectivity index is 1.49. The van der Waals surface area contributed by atoms with E-state index in [9.17, 15) is 19.4 Å². The van der Waals surface area contributed by atoms with Gasteiger partial charge in [-0.3, -0.25) is 0 Å². The summed E-state index contributed by atoms with van der Waals surface area (Å²) in [6.07, 6.45) is 7.59. The summed E-state index contributed by atoms with van der Waals surface area (Å²) in [5.74, 6) is -0.745. The molecule has 2 fully saturated rings. The number of likely N-dealkylation sites (tertiary alicyclic amines) is 1. The Morgan fingerprint density at radius 1 is 1.08 bits per heavy atom. The second-order valence-corrected chi connectivity index (χ2v) is 7.31. The number of urea groups is 1. The van der Waals surface area contributed by atoms with Crippen molar-refractivity contribution >= 4 is 6.03 Å². The number of rotatable bonds is 3. The van der Waals surface area contributed by atoms with Gasteiger partial charge in [0.15, 0.2) is 11.6 Å². The van der Waals surface area contributed by atoms with Crippen molar-refractivity contribution in [2.75, 3.05) is 19.6 Å². The molecule has 1 saturated carbocycles. The summed E-state index contributed by atoms with van der Waals surface area (Å²) in [6.45, 7) is 1.93. The lowest BCUT2D eigenvalue weighted by atomic mass is 9.88. The molecule has 0 bridgehead atoms. The molecule has 0 radical (unpaired) electrons. The number of halogens is 1. The number of carbonyl (C=O) groups excluding carboxylic acids is 1. The lowest BCUT2D eigenvalue weighted by Crippen LogP contribution is -2.45. The number of amides is 2. The van der Waals surface area contributed by atoms with Gasteiger partial charge in [0.1, 0.15) is 5.75 Å². The molecule has 25 heavy (non-hydrogen) atoms. The molecular weight excluding hydrogens is 323 g/mol. The average molecular weight is 350 g/mol. The fourth-order valence-electron chi connectivity index (χ4n) is 4.02. The average Bonchev–Trinajstić information content (AvgIpc) is 2.64. The maximum Gasteiger partial charge on any atom is 0.317 e. The smallest absolute Gasteiger partial charge is 0.317 e. The molecule has 1 aliphatic heterocycles. The van der Waals surface area contributed by atoms with Crippen LogP contribution in [0.3, 0.4) is 0 Å². The maximum absolute atomic E-state index is 13.6. The van der Waals surface area contributed by atoms with E-state index in [1.54, 1.807) is 4.90 Å². The summed E-state index contributed by atoms with van der Waals surface area (Å²) >= 11 is 0. The van der Waals surface area contributed by atoms with Gasteiger partial charge in [-0.1, -0.05) is 19.3 Å². The largest absolute Gasteiger partial charge is 0.508 e. The summed E-state index contributed by atoms with van der Waals surface area (Å²) in [4.78, 5) is 14.1. The Labute approximate surface area is 147 Å². The van der Waals surface area contributed by atoms with Crippen LogP contribution < -0.4 is 5.32 Å². The Hall–Kier alpha value is -1.98. The van der Waals surface area contributed by atoms with Crippen LogP contribution in [0.15, 0.2) is 12.1 Å². The molecule has 0 atom stereocenters. The molecule has 1 aromatic rings. The summed E-state index contributed by atoms with van der Waals surface area (Å²) < 4.78 is 13.6. The van der Waals surface area contributed by atoms with Gasteiger partial charge in [-0.05, 0) is 43.6 Å². The fraction of sp³-hybridized carbons (Fsp3) is 0.632. The lowest BCUT2D eigenvalue weighted by molar-refractivity contribution is 0.178. The molecule has 6 heteroatoms. The fourth-order valence-corrected chi connectivity index (χ4v) is 4.02. The Bertz CT molecular complexity index is 609. The molecule has 1 aliphatic carbocycles. The second-order valence-electron chi connectivity index (χ2n) is 7.31. The third-order valence-corrected chi connectivity index (χ3v) is 5.58. The van der Waals surface area contributed by atoms with Crippen molar-refractivity contribution in [3.8, 4) is 11.5 Å². The van der Waals surface area contributed by atoms with Crippen LogP contribution in [0, 0.1) is 11.7 Å². The number of carbonyl (C=O) groups is 1. The highest BCUT2D eigenvalue weighted by molar-refractivity contribution is 5.74. The van der Waals surface area contributed by atoms with Gasteiger partial charge >= 0.3 is 6.03 Å². The van der Waals surface area contributed by atoms with E-state index in [0.717, 1.165) is 12.6 Å². The van der Waals surface area contributed by atoms with Crippen LogP contribution in [-0.2, 0) is 0 Å². The lowest BCUT2D eigenvalue weighted by Gasteiger charge is -2.33. The SMILES string of the molecule is O=C(NCC1CCCCC1)N1CCC(c2cc(F)c(O)cc2O)CC1. The van der Waals surface area contributed by atoms with E-state index < -0.39 is 11.6 Å². The molecule has 0 unspecified atom stereocenters. The van der Waals surface area contributed by atoms with Crippen molar-refractivity contribution in [2.45, 2.75) is 50.9 Å². The highest BCUT2D eigenvalue weighted by Gasteiger charge is 2.26. The van der Waals surface area contributed by atoms with Crippen LogP contribution in [0.1, 0.15) is 56.4 Å². The Morgan fingerprint density at radius 2 is 1.76 bits per heavy atom. The summed E-state index contributed by atoms with van der Waals surface area (Å²) in [7, 11) is 0. The number of piperidine rings is 1. The van der Waals surface area contributed by atoms with Crippen LogP contribution >= 0.6 is 0 Å². The molecule has 0 aromatic heterocycles. The molecule has 5 nitrogen and oxygen atoms in total. The maximum atomic E-state index is 13.6. The van der Waals surface area contributed by atoms with E-state index in [2.05, 4.69) is 5.32 Å². The van der Waals surface area contributed by atoms with Crippen molar-refractivity contribution < 1.29 is 19.4 Å². The zero-order valence-corrected chi connectivity index (χ0v) is 14.5.